The molecule has 19 heteroatoms. The highest BCUT2D eigenvalue weighted by Gasteiger charge is 2.72. The van der Waals surface area contributed by atoms with Crippen molar-refractivity contribution in [1.29, 1.82) is 0 Å². The molecule has 5 aliphatic carbocycles. The molecule has 3 saturated heterocycles. The van der Waals surface area contributed by atoms with Gasteiger partial charge in [0.1, 0.15) is 67.1 Å². The van der Waals surface area contributed by atoms with E-state index in [9.17, 15) is 66.1 Å². The van der Waals surface area contributed by atoms with Gasteiger partial charge in [-0.2, -0.15) is 0 Å². The Kier molecular flexibility index (Phi) is 13.9. The van der Waals surface area contributed by atoms with Gasteiger partial charge in [0, 0.05) is 0 Å². The minimum absolute atomic E-state index is 0.0603. The first kappa shape index (κ1) is 51.9. The molecule has 0 spiro atoms. The third-order valence-electron chi connectivity index (χ3n) is 19.1. The number of allylic oxidation sites excluding steroid dienone is 2. The number of rotatable bonds is 8. The number of hydrogen-bond acceptors (Lipinski definition) is 19. The molecule has 25 atom stereocenters. The molecule has 3 aliphatic heterocycles. The lowest BCUT2D eigenvalue weighted by atomic mass is 9.33. The first-order valence-electron chi connectivity index (χ1n) is 24.3. The summed E-state index contributed by atoms with van der Waals surface area (Å²) in [4.78, 5) is 15.0. The average molecular weight is 959 g/mol. The van der Waals surface area contributed by atoms with Crippen LogP contribution in [0.3, 0.4) is 0 Å². The van der Waals surface area contributed by atoms with E-state index >= 15 is 0 Å². The highest BCUT2D eigenvalue weighted by atomic mass is 16.8. The molecular formula is C48H78O19. The standard InChI is InChI=1S/C48H78O19/c1-20-28(52)30(54)33(57)40(63-20)66-36-25(18-49)64-39(35(59)32(36)56)62-19-26-29(53)31(55)34(58)41(65-26)67-42(61)48-13-11-43(2,3)15-22(48)21-9-10-27-45(6)16-24(51)38(60)44(4,5)37(45)23(50)17-47(27,8)46(21,7)12-14-48/h9,20,22-41,49-60H,10-19H2,1-8H3/t20-,22-,23+,24+,25+,26+,27+,28-,29+,30+,31-,32+,33+,34+,35+,36+,37-,38-,39+,40-,41?,45+,46+,47+,48-/m0/s1. The maximum absolute atomic E-state index is 15.0. The quantitative estimate of drug-likeness (QED) is 0.104. The summed E-state index contributed by atoms with van der Waals surface area (Å²) in [7, 11) is 0. The Labute approximate surface area is 392 Å². The van der Waals surface area contributed by atoms with E-state index in [1.165, 1.54) is 6.92 Å². The first-order valence-corrected chi connectivity index (χ1v) is 24.3. The highest BCUT2D eigenvalue weighted by Crippen LogP contribution is 2.76. The molecule has 0 amide bonds. The predicted octanol–water partition coefficient (Wildman–Crippen LogP) is -0.890. The summed E-state index contributed by atoms with van der Waals surface area (Å²) in [6.07, 6.45) is -20.5. The van der Waals surface area contributed by atoms with Crippen LogP contribution in [0.25, 0.3) is 0 Å². The Balaban J connectivity index is 0.987. The Morgan fingerprint density at radius 3 is 1.96 bits per heavy atom. The van der Waals surface area contributed by atoms with Gasteiger partial charge in [-0.25, -0.2) is 0 Å². The van der Waals surface area contributed by atoms with Gasteiger partial charge in [-0.1, -0.05) is 60.1 Å². The van der Waals surface area contributed by atoms with Crippen LogP contribution in [0.2, 0.25) is 0 Å². The van der Waals surface area contributed by atoms with Gasteiger partial charge in [-0.3, -0.25) is 4.79 Å². The van der Waals surface area contributed by atoms with Gasteiger partial charge < -0.3 is 89.7 Å². The molecule has 384 valence electrons. The van der Waals surface area contributed by atoms with E-state index in [1.54, 1.807) is 0 Å². The summed E-state index contributed by atoms with van der Waals surface area (Å²) in [5, 5.41) is 131. The van der Waals surface area contributed by atoms with Crippen LogP contribution < -0.4 is 0 Å². The third-order valence-corrected chi connectivity index (χ3v) is 19.1. The molecule has 0 bridgehead atoms. The zero-order valence-electron chi connectivity index (χ0n) is 40.0. The number of esters is 1. The molecule has 0 aromatic carbocycles. The summed E-state index contributed by atoms with van der Waals surface area (Å²) in [6.45, 7) is 14.9. The van der Waals surface area contributed by atoms with E-state index in [0.29, 0.717) is 51.4 Å². The van der Waals surface area contributed by atoms with Crippen LogP contribution in [0.15, 0.2) is 11.6 Å². The maximum atomic E-state index is 15.0. The summed E-state index contributed by atoms with van der Waals surface area (Å²) >= 11 is 0. The average Bonchev–Trinajstić information content (AvgIpc) is 3.25. The first-order chi connectivity index (χ1) is 31.1. The van der Waals surface area contributed by atoms with Crippen LogP contribution in [-0.2, 0) is 33.2 Å². The molecule has 0 aromatic heterocycles. The number of ether oxygens (including phenoxy) is 6. The molecule has 67 heavy (non-hydrogen) atoms. The Hall–Kier alpha value is -1.47. The molecule has 0 radical (unpaired) electrons. The Morgan fingerprint density at radius 1 is 0.672 bits per heavy atom. The van der Waals surface area contributed by atoms with Crippen molar-refractivity contribution in [3.8, 4) is 0 Å². The zero-order chi connectivity index (χ0) is 49.3. The van der Waals surface area contributed by atoms with Gasteiger partial charge in [0.25, 0.3) is 0 Å². The van der Waals surface area contributed by atoms with E-state index in [1.807, 2.05) is 13.8 Å². The van der Waals surface area contributed by atoms with Gasteiger partial charge in [-0.15, -0.1) is 0 Å². The number of aliphatic hydroxyl groups excluding tert-OH is 12. The Bertz CT molecular complexity index is 1850. The number of aliphatic hydroxyl groups is 12. The Morgan fingerprint density at radius 2 is 1.28 bits per heavy atom. The van der Waals surface area contributed by atoms with Crippen LogP contribution in [0.4, 0.5) is 0 Å². The zero-order valence-corrected chi connectivity index (χ0v) is 40.0. The molecule has 7 fully saturated rings. The summed E-state index contributed by atoms with van der Waals surface area (Å²) in [6, 6.07) is 0. The van der Waals surface area contributed by atoms with Crippen LogP contribution in [0, 0.1) is 50.2 Å². The van der Waals surface area contributed by atoms with Crippen molar-refractivity contribution in [2.45, 2.75) is 217 Å². The van der Waals surface area contributed by atoms with E-state index in [0.717, 1.165) is 5.57 Å². The van der Waals surface area contributed by atoms with Crippen molar-refractivity contribution in [3.05, 3.63) is 11.6 Å². The molecule has 1 unspecified atom stereocenters. The van der Waals surface area contributed by atoms with Crippen molar-refractivity contribution in [2.24, 2.45) is 50.2 Å². The molecule has 12 N–H and O–H groups in total. The van der Waals surface area contributed by atoms with E-state index in [-0.39, 0.29) is 23.2 Å². The van der Waals surface area contributed by atoms with Gasteiger partial charge in [0.2, 0.25) is 6.29 Å². The van der Waals surface area contributed by atoms with Crippen LogP contribution in [0.5, 0.6) is 0 Å². The SMILES string of the molecule is C[C@@H]1O[C@@H](O[C@H]2[C@H](O)[C@@H](O)[C@H](OC[C@H]3OC(OC(=O)[C@]45CCC(C)(C)C[C@H]4C4=CC[C@@H]6[C@@]7(C)C[C@@H](O)[C@H](O)C(C)(C)[C@@H]7[C@H](O)C[C@@]6(C)[C@]4(C)CC5)[C@H](O)[C@@H](O)[C@@H]3O)O[C@@H]2CO)[C@H](O)[C@H](O)[C@H]1O. The van der Waals surface area contributed by atoms with Gasteiger partial charge in [0.15, 0.2) is 12.6 Å². The van der Waals surface area contributed by atoms with Gasteiger partial charge in [-0.05, 0) is 103 Å². The van der Waals surface area contributed by atoms with Gasteiger partial charge in [0.05, 0.1) is 43.0 Å². The van der Waals surface area contributed by atoms with Crippen LogP contribution in [0.1, 0.15) is 107 Å². The summed E-state index contributed by atoms with van der Waals surface area (Å²) in [5.41, 5.74) is -2.20. The predicted molar refractivity (Wildman–Crippen MR) is 232 cm³/mol. The number of carbonyl (C=O) groups excluding carboxylic acids is 1. The fourth-order valence-electron chi connectivity index (χ4n) is 15.1. The maximum Gasteiger partial charge on any atom is 0.315 e. The summed E-state index contributed by atoms with van der Waals surface area (Å²) in [5.74, 6) is -1.10. The monoisotopic (exact) mass is 959 g/mol. The summed E-state index contributed by atoms with van der Waals surface area (Å²) < 4.78 is 34.7. The largest absolute Gasteiger partial charge is 0.432 e. The van der Waals surface area contributed by atoms with E-state index in [4.69, 9.17) is 28.4 Å². The van der Waals surface area contributed by atoms with Crippen molar-refractivity contribution < 1.29 is 94.5 Å². The van der Waals surface area contributed by atoms with Crippen LogP contribution in [-0.4, -0.2) is 191 Å². The molecule has 0 aromatic rings. The van der Waals surface area contributed by atoms with E-state index in [2.05, 4.69) is 40.7 Å². The second kappa shape index (κ2) is 17.9. The molecular weight excluding hydrogens is 881 g/mol. The number of carbonyl (C=O) groups is 1. The minimum atomic E-state index is -1.87. The fourth-order valence-corrected chi connectivity index (χ4v) is 15.1. The van der Waals surface area contributed by atoms with Crippen molar-refractivity contribution in [2.75, 3.05) is 13.2 Å². The lowest BCUT2D eigenvalue weighted by Gasteiger charge is -2.72. The number of hydrogen-bond donors (Lipinski definition) is 12. The van der Waals surface area contributed by atoms with Gasteiger partial charge >= 0.3 is 5.97 Å². The molecule has 19 nitrogen and oxygen atoms in total. The van der Waals surface area contributed by atoms with Crippen molar-refractivity contribution in [1.82, 2.24) is 0 Å². The normalized spacial score (nSPS) is 54.9. The van der Waals surface area contributed by atoms with Crippen molar-refractivity contribution in [3.63, 3.8) is 0 Å². The minimum Gasteiger partial charge on any atom is -0.432 e. The fraction of sp³-hybridized carbons (Fsp3) is 0.938. The number of fused-ring (bicyclic) bond motifs is 7. The lowest BCUT2D eigenvalue weighted by molar-refractivity contribution is -0.361. The van der Waals surface area contributed by atoms with Crippen LogP contribution >= 0.6 is 0 Å². The molecule has 8 aliphatic rings. The van der Waals surface area contributed by atoms with Crippen molar-refractivity contribution >= 4 is 5.97 Å². The molecule has 8 rings (SSSR count). The second-order valence-electron chi connectivity index (χ2n) is 23.8. The highest BCUT2D eigenvalue weighted by molar-refractivity contribution is 5.79. The second-order valence-corrected chi connectivity index (χ2v) is 23.8. The van der Waals surface area contributed by atoms with E-state index < -0.39 is 157 Å². The smallest absolute Gasteiger partial charge is 0.315 e. The molecule has 4 saturated carbocycles. The molecule has 3 heterocycles. The lowest BCUT2D eigenvalue weighted by Crippen LogP contribution is -2.70. The topological polar surface area (TPSA) is 315 Å². The third kappa shape index (κ3) is 8.10.